The van der Waals surface area contributed by atoms with Gasteiger partial charge in [-0.25, -0.2) is 0 Å². The van der Waals surface area contributed by atoms with E-state index in [2.05, 4.69) is 30.5 Å². The predicted octanol–water partition coefficient (Wildman–Crippen LogP) is 3.19. The number of hydrogen-bond donors (Lipinski definition) is 2. The summed E-state index contributed by atoms with van der Waals surface area (Å²) < 4.78 is 0. The van der Waals surface area contributed by atoms with Gasteiger partial charge in [-0.15, -0.1) is 0 Å². The molecule has 0 aromatic heterocycles. The topological polar surface area (TPSA) is 72.2 Å². The highest BCUT2D eigenvalue weighted by Crippen LogP contribution is 2.58. The van der Waals surface area contributed by atoms with Crippen LogP contribution >= 0.6 is 0 Å². The van der Waals surface area contributed by atoms with Crippen molar-refractivity contribution < 1.29 is 9.59 Å². The first-order chi connectivity index (χ1) is 12.0. The fourth-order valence-electron chi connectivity index (χ4n) is 4.99. The van der Waals surface area contributed by atoms with Gasteiger partial charge in [-0.3, -0.25) is 14.9 Å². The van der Waals surface area contributed by atoms with E-state index in [0.717, 1.165) is 37.7 Å². The standard InChI is InChI=1S/C21H24N2O2/c1-13-7-5-9-14-15(10-6-8-13)21(11-3-2-4-12-21)17-16(18(14)22)19(24)23-20(17)25/h5,7-10,17H,2-4,6,11-12,22H2,1H3,(H,23,24,25)/b7-5-,13-8-,14-9+,15-10+. The molecule has 0 bridgehead atoms. The van der Waals surface area contributed by atoms with Crippen molar-refractivity contribution in [2.24, 2.45) is 17.1 Å². The highest BCUT2D eigenvalue weighted by molar-refractivity contribution is 6.17. The maximum atomic E-state index is 12.7. The Morgan fingerprint density at radius 2 is 1.92 bits per heavy atom. The Bertz CT molecular complexity index is 802. The first-order valence-electron chi connectivity index (χ1n) is 9.16. The van der Waals surface area contributed by atoms with Gasteiger partial charge >= 0.3 is 0 Å². The molecule has 4 aliphatic rings. The van der Waals surface area contributed by atoms with Crippen LogP contribution in [0.5, 0.6) is 0 Å². The zero-order valence-corrected chi connectivity index (χ0v) is 14.6. The molecule has 4 heteroatoms. The van der Waals surface area contributed by atoms with Crippen molar-refractivity contribution in [2.75, 3.05) is 0 Å². The number of hydrogen-bond acceptors (Lipinski definition) is 3. The lowest BCUT2D eigenvalue weighted by molar-refractivity contribution is -0.127. The van der Waals surface area contributed by atoms with Crippen molar-refractivity contribution in [3.8, 4) is 0 Å². The molecule has 0 aromatic carbocycles. The summed E-state index contributed by atoms with van der Waals surface area (Å²) in [5, 5.41) is 2.52. The maximum Gasteiger partial charge on any atom is 0.256 e. The highest BCUT2D eigenvalue weighted by atomic mass is 16.2. The number of imide groups is 1. The number of carbonyl (C=O) groups excluding carboxylic acids is 2. The predicted molar refractivity (Wildman–Crippen MR) is 97.1 cm³/mol. The van der Waals surface area contributed by atoms with Crippen molar-refractivity contribution in [1.29, 1.82) is 0 Å². The van der Waals surface area contributed by atoms with E-state index in [4.69, 9.17) is 5.73 Å². The van der Waals surface area contributed by atoms with Crippen LogP contribution in [-0.2, 0) is 9.59 Å². The van der Waals surface area contributed by atoms with E-state index in [9.17, 15) is 9.59 Å². The Hall–Kier alpha value is -2.36. The lowest BCUT2D eigenvalue weighted by Gasteiger charge is -2.47. The summed E-state index contributed by atoms with van der Waals surface area (Å²) in [5.74, 6) is -0.916. The number of rotatable bonds is 0. The molecule has 0 radical (unpaired) electrons. The molecule has 2 amide bonds. The molecule has 130 valence electrons. The number of allylic oxidation sites excluding steroid dienone is 7. The van der Waals surface area contributed by atoms with Crippen LogP contribution in [0.3, 0.4) is 0 Å². The molecule has 4 nitrogen and oxygen atoms in total. The van der Waals surface area contributed by atoms with E-state index in [-0.39, 0.29) is 17.2 Å². The molecule has 1 spiro atoms. The van der Waals surface area contributed by atoms with Crippen molar-refractivity contribution >= 4 is 11.8 Å². The van der Waals surface area contributed by atoms with E-state index >= 15 is 0 Å². The van der Waals surface area contributed by atoms with Crippen LogP contribution in [0.1, 0.15) is 45.4 Å². The molecule has 0 aromatic rings. The van der Waals surface area contributed by atoms with Gasteiger partial charge in [0.1, 0.15) is 0 Å². The molecule has 4 rings (SSSR count). The molecule has 1 atom stereocenters. The van der Waals surface area contributed by atoms with E-state index < -0.39 is 5.92 Å². The second-order valence-electron chi connectivity index (χ2n) is 7.54. The smallest absolute Gasteiger partial charge is 0.256 e. The number of nitrogens with one attached hydrogen (secondary N) is 1. The third kappa shape index (κ3) is 2.35. The third-order valence-corrected chi connectivity index (χ3v) is 6.12. The lowest BCUT2D eigenvalue weighted by atomic mass is 9.55. The molecular weight excluding hydrogens is 312 g/mol. The first-order valence-corrected chi connectivity index (χ1v) is 9.16. The highest BCUT2D eigenvalue weighted by Gasteiger charge is 2.57. The summed E-state index contributed by atoms with van der Waals surface area (Å²) in [7, 11) is 0. The number of fused-ring (bicyclic) bond motifs is 4. The summed E-state index contributed by atoms with van der Waals surface area (Å²) in [5.41, 5.74) is 10.4. The molecule has 3 aliphatic carbocycles. The Morgan fingerprint density at radius 3 is 2.68 bits per heavy atom. The van der Waals surface area contributed by atoms with Gasteiger partial charge in [0.05, 0.1) is 11.5 Å². The quantitative estimate of drug-likeness (QED) is 0.667. The minimum Gasteiger partial charge on any atom is -0.398 e. The Kier molecular flexibility index (Phi) is 3.78. The van der Waals surface area contributed by atoms with Crippen molar-refractivity contribution in [2.45, 2.75) is 45.4 Å². The minimum atomic E-state index is -0.432. The SMILES string of the molecule is CC1=C\C\C=C2/C(=C\C=C/1)C(N)=C1C(=O)NC(=O)C1C21CCCCC1. The zero-order valence-electron chi connectivity index (χ0n) is 14.6. The lowest BCUT2D eigenvalue weighted by Crippen LogP contribution is -2.43. The molecule has 3 N–H and O–H groups in total. The molecule has 1 saturated carbocycles. The fourth-order valence-corrected chi connectivity index (χ4v) is 4.99. The number of carbonyl (C=O) groups is 2. The first kappa shape index (κ1) is 16.1. The number of amides is 2. The van der Waals surface area contributed by atoms with Gasteiger partial charge in [0, 0.05) is 16.7 Å². The molecule has 1 saturated heterocycles. The average Bonchev–Trinajstić information content (AvgIpc) is 2.94. The summed E-state index contributed by atoms with van der Waals surface area (Å²) in [6.07, 6.45) is 16.5. The van der Waals surface area contributed by atoms with Gasteiger partial charge in [-0.05, 0) is 31.8 Å². The van der Waals surface area contributed by atoms with Gasteiger partial charge in [0.25, 0.3) is 5.91 Å². The number of nitrogens with two attached hydrogens (primary N) is 1. The summed E-state index contributed by atoms with van der Waals surface area (Å²) in [6, 6.07) is 0. The van der Waals surface area contributed by atoms with Crippen molar-refractivity contribution in [1.82, 2.24) is 5.32 Å². The normalized spacial score (nSPS) is 35.7. The van der Waals surface area contributed by atoms with Gasteiger partial charge in [0.15, 0.2) is 0 Å². The maximum absolute atomic E-state index is 12.7. The monoisotopic (exact) mass is 336 g/mol. The zero-order chi connectivity index (χ0) is 17.6. The van der Waals surface area contributed by atoms with Crippen LogP contribution in [0.15, 0.2) is 58.4 Å². The summed E-state index contributed by atoms with van der Waals surface area (Å²) >= 11 is 0. The largest absolute Gasteiger partial charge is 0.398 e. The molecule has 2 fully saturated rings. The fraction of sp³-hybridized carbons (Fsp3) is 0.429. The van der Waals surface area contributed by atoms with E-state index in [1.165, 1.54) is 17.6 Å². The van der Waals surface area contributed by atoms with E-state index in [1.54, 1.807) is 0 Å². The van der Waals surface area contributed by atoms with Crippen LogP contribution in [0.25, 0.3) is 0 Å². The molecular formula is C21H24N2O2. The second-order valence-corrected chi connectivity index (χ2v) is 7.54. The van der Waals surface area contributed by atoms with Gasteiger partial charge < -0.3 is 5.73 Å². The Balaban J connectivity index is 1.98. The Morgan fingerprint density at radius 1 is 1.16 bits per heavy atom. The summed E-state index contributed by atoms with van der Waals surface area (Å²) in [6.45, 7) is 2.08. The molecule has 1 unspecified atom stereocenters. The minimum absolute atomic E-state index is 0.174. The Labute approximate surface area is 148 Å². The van der Waals surface area contributed by atoms with Crippen LogP contribution < -0.4 is 11.1 Å². The average molecular weight is 336 g/mol. The van der Waals surface area contributed by atoms with E-state index in [0.29, 0.717) is 11.3 Å². The van der Waals surface area contributed by atoms with Crippen LogP contribution in [0.2, 0.25) is 0 Å². The van der Waals surface area contributed by atoms with Crippen LogP contribution in [0, 0.1) is 11.3 Å². The molecule has 25 heavy (non-hydrogen) atoms. The summed E-state index contributed by atoms with van der Waals surface area (Å²) in [4.78, 5) is 25.2. The van der Waals surface area contributed by atoms with E-state index in [1.807, 2.05) is 12.2 Å². The van der Waals surface area contributed by atoms with Gasteiger partial charge in [0.2, 0.25) is 5.91 Å². The van der Waals surface area contributed by atoms with Crippen LogP contribution in [0.4, 0.5) is 0 Å². The molecule has 1 heterocycles. The van der Waals surface area contributed by atoms with Crippen molar-refractivity contribution in [3.05, 3.63) is 58.4 Å². The second kappa shape index (κ2) is 5.87. The third-order valence-electron chi connectivity index (χ3n) is 6.12. The molecule has 1 aliphatic heterocycles. The van der Waals surface area contributed by atoms with Crippen molar-refractivity contribution in [3.63, 3.8) is 0 Å². The van der Waals surface area contributed by atoms with Gasteiger partial charge in [-0.2, -0.15) is 0 Å². The van der Waals surface area contributed by atoms with Gasteiger partial charge in [-0.1, -0.05) is 55.2 Å². The van der Waals surface area contributed by atoms with Crippen LogP contribution in [-0.4, -0.2) is 11.8 Å².